The van der Waals surface area contributed by atoms with E-state index in [1.165, 1.54) is 0 Å². The molecule has 0 saturated heterocycles. The molecule has 0 radical (unpaired) electrons. The maximum Gasteiger partial charge on any atom is 0.257 e. The summed E-state index contributed by atoms with van der Waals surface area (Å²) in [4.78, 5) is 12.5. The Morgan fingerprint density at radius 2 is 1.65 bits per heavy atom. The number of hydrogen-bond donors (Lipinski definition) is 2. The average Bonchev–Trinajstić information content (AvgIpc) is 2.54. The highest BCUT2D eigenvalue weighted by molar-refractivity contribution is 6.02. The second-order valence-corrected chi connectivity index (χ2v) is 5.65. The Kier molecular flexibility index (Phi) is 3.74. The number of anilines is 1. The number of fused-ring (bicyclic) bond motifs is 1. The molecule has 2 N–H and O–H groups in total. The Balaban J connectivity index is 2.12. The minimum Gasteiger partial charge on any atom is -0.496 e. The van der Waals surface area contributed by atoms with Crippen LogP contribution < -0.4 is 15.4 Å². The van der Waals surface area contributed by atoms with E-state index >= 15 is 0 Å². The Hall–Kier alpha value is -2.53. The highest BCUT2D eigenvalue weighted by atomic mass is 16.5. The number of methoxy groups -OCH3 is 2. The standard InChI is InChI=1S/C18H20N2O3/c1-11-9-13(10-12(2)16(11)22-3)18(23-4)19-15-8-6-5-7-14(15)17(21)20-18/h5-10,19H,1-4H3,(H,20,21). The van der Waals surface area contributed by atoms with Crippen LogP contribution in [-0.4, -0.2) is 20.1 Å². The molecule has 120 valence electrons. The summed E-state index contributed by atoms with van der Waals surface area (Å²) >= 11 is 0. The predicted molar refractivity (Wildman–Crippen MR) is 88.7 cm³/mol. The van der Waals surface area contributed by atoms with Crippen LogP contribution >= 0.6 is 0 Å². The number of aryl methyl sites for hydroxylation is 2. The molecule has 1 amide bonds. The Morgan fingerprint density at radius 3 is 2.26 bits per heavy atom. The van der Waals surface area contributed by atoms with Gasteiger partial charge in [0.05, 0.1) is 18.4 Å². The third kappa shape index (κ3) is 2.43. The van der Waals surface area contributed by atoms with Gasteiger partial charge in [0.2, 0.25) is 5.85 Å². The van der Waals surface area contributed by atoms with Crippen molar-refractivity contribution in [1.82, 2.24) is 5.32 Å². The molecule has 23 heavy (non-hydrogen) atoms. The molecule has 1 heterocycles. The van der Waals surface area contributed by atoms with Gasteiger partial charge in [0.1, 0.15) is 5.75 Å². The first-order valence-corrected chi connectivity index (χ1v) is 7.41. The predicted octanol–water partition coefficient (Wildman–Crippen LogP) is 2.92. The third-order valence-corrected chi connectivity index (χ3v) is 4.15. The smallest absolute Gasteiger partial charge is 0.257 e. The van der Waals surface area contributed by atoms with Crippen molar-refractivity contribution in [3.63, 3.8) is 0 Å². The first-order chi connectivity index (χ1) is 11.0. The molecule has 1 aliphatic rings. The van der Waals surface area contributed by atoms with Crippen LogP contribution in [-0.2, 0) is 10.6 Å². The van der Waals surface area contributed by atoms with Gasteiger partial charge in [-0.25, -0.2) is 0 Å². The normalized spacial score (nSPS) is 19.6. The number of hydrogen-bond acceptors (Lipinski definition) is 4. The average molecular weight is 312 g/mol. The lowest BCUT2D eigenvalue weighted by Gasteiger charge is -2.39. The highest BCUT2D eigenvalue weighted by Gasteiger charge is 2.39. The maximum absolute atomic E-state index is 12.5. The molecule has 1 atom stereocenters. The zero-order chi connectivity index (χ0) is 16.6. The third-order valence-electron chi connectivity index (χ3n) is 4.15. The number of nitrogens with one attached hydrogen (secondary N) is 2. The van der Waals surface area contributed by atoms with Crippen molar-refractivity contribution in [3.8, 4) is 5.75 Å². The van der Waals surface area contributed by atoms with Crippen molar-refractivity contribution in [2.24, 2.45) is 0 Å². The summed E-state index contributed by atoms with van der Waals surface area (Å²) in [5.74, 6) is -0.442. The molecule has 5 nitrogen and oxygen atoms in total. The van der Waals surface area contributed by atoms with E-state index in [4.69, 9.17) is 9.47 Å². The number of ether oxygens (including phenoxy) is 2. The SMILES string of the molecule is COc1c(C)cc(C2(OC)NC(=O)c3ccccc3N2)cc1C. The minimum atomic E-state index is -1.10. The van der Waals surface area contributed by atoms with E-state index in [2.05, 4.69) is 10.6 Å². The Labute approximate surface area is 135 Å². The lowest BCUT2D eigenvalue weighted by molar-refractivity contribution is -0.0177. The van der Waals surface area contributed by atoms with Crippen LogP contribution in [0.15, 0.2) is 36.4 Å². The monoisotopic (exact) mass is 312 g/mol. The Morgan fingerprint density at radius 1 is 1.00 bits per heavy atom. The Bertz CT molecular complexity index is 750. The number of carbonyl (C=O) groups excluding carboxylic acids is 1. The quantitative estimate of drug-likeness (QED) is 0.915. The topological polar surface area (TPSA) is 59.6 Å². The maximum atomic E-state index is 12.5. The molecule has 0 fully saturated rings. The molecule has 0 bridgehead atoms. The van der Waals surface area contributed by atoms with E-state index in [0.29, 0.717) is 5.56 Å². The second kappa shape index (κ2) is 5.59. The molecular weight excluding hydrogens is 292 g/mol. The zero-order valence-corrected chi connectivity index (χ0v) is 13.7. The fraction of sp³-hybridized carbons (Fsp3) is 0.278. The van der Waals surface area contributed by atoms with Crippen LogP contribution in [0.4, 0.5) is 5.69 Å². The molecule has 1 unspecified atom stereocenters. The van der Waals surface area contributed by atoms with Crippen molar-refractivity contribution in [1.29, 1.82) is 0 Å². The zero-order valence-electron chi connectivity index (χ0n) is 13.7. The van der Waals surface area contributed by atoms with Gasteiger partial charge in [-0.15, -0.1) is 0 Å². The number of benzene rings is 2. The van der Waals surface area contributed by atoms with Gasteiger partial charge in [0, 0.05) is 12.7 Å². The number of para-hydroxylation sites is 1. The van der Waals surface area contributed by atoms with Gasteiger partial charge in [-0.3, -0.25) is 4.79 Å². The summed E-state index contributed by atoms with van der Waals surface area (Å²) in [7, 11) is 3.22. The highest BCUT2D eigenvalue weighted by Crippen LogP contribution is 2.35. The fourth-order valence-electron chi connectivity index (χ4n) is 3.08. The molecule has 0 aromatic heterocycles. The number of rotatable bonds is 3. The number of carbonyl (C=O) groups is 1. The van der Waals surface area contributed by atoms with Crippen LogP contribution in [0.1, 0.15) is 27.0 Å². The van der Waals surface area contributed by atoms with E-state index in [0.717, 1.165) is 28.1 Å². The largest absolute Gasteiger partial charge is 0.496 e. The molecule has 3 rings (SSSR count). The molecular formula is C18H20N2O3. The molecule has 0 saturated carbocycles. The van der Waals surface area contributed by atoms with Crippen molar-refractivity contribution in [3.05, 3.63) is 58.7 Å². The van der Waals surface area contributed by atoms with Crippen LogP contribution in [0.2, 0.25) is 0 Å². The van der Waals surface area contributed by atoms with Crippen molar-refractivity contribution >= 4 is 11.6 Å². The van der Waals surface area contributed by atoms with Gasteiger partial charge in [-0.05, 0) is 49.2 Å². The van der Waals surface area contributed by atoms with Crippen LogP contribution in [0.3, 0.4) is 0 Å². The van der Waals surface area contributed by atoms with Gasteiger partial charge >= 0.3 is 0 Å². The van der Waals surface area contributed by atoms with Crippen molar-refractivity contribution in [2.45, 2.75) is 19.7 Å². The molecule has 0 aliphatic carbocycles. The summed E-state index contributed by atoms with van der Waals surface area (Å²) in [5, 5.41) is 6.23. The number of amides is 1. The molecule has 0 spiro atoms. The van der Waals surface area contributed by atoms with Gasteiger partial charge in [0.15, 0.2) is 0 Å². The molecule has 1 aliphatic heterocycles. The lowest BCUT2D eigenvalue weighted by Crippen LogP contribution is -2.56. The van der Waals surface area contributed by atoms with E-state index in [1.54, 1.807) is 20.3 Å². The summed E-state index contributed by atoms with van der Waals surface area (Å²) in [6.45, 7) is 3.94. The van der Waals surface area contributed by atoms with Gasteiger partial charge in [-0.1, -0.05) is 12.1 Å². The molecule has 2 aromatic carbocycles. The minimum absolute atomic E-state index is 0.174. The van der Waals surface area contributed by atoms with Crippen LogP contribution in [0, 0.1) is 13.8 Å². The van der Waals surface area contributed by atoms with Crippen LogP contribution in [0.25, 0.3) is 0 Å². The van der Waals surface area contributed by atoms with E-state index < -0.39 is 5.85 Å². The summed E-state index contributed by atoms with van der Waals surface area (Å²) in [6.07, 6.45) is 0. The van der Waals surface area contributed by atoms with Gasteiger partial charge < -0.3 is 20.1 Å². The van der Waals surface area contributed by atoms with Crippen molar-refractivity contribution in [2.75, 3.05) is 19.5 Å². The van der Waals surface area contributed by atoms with Crippen LogP contribution in [0.5, 0.6) is 5.75 Å². The first-order valence-electron chi connectivity index (χ1n) is 7.41. The van der Waals surface area contributed by atoms with Gasteiger partial charge in [0.25, 0.3) is 5.91 Å². The van der Waals surface area contributed by atoms with E-state index in [-0.39, 0.29) is 5.91 Å². The van der Waals surface area contributed by atoms with Gasteiger partial charge in [-0.2, -0.15) is 0 Å². The summed E-state index contributed by atoms with van der Waals surface area (Å²) < 4.78 is 11.1. The van der Waals surface area contributed by atoms with E-state index in [9.17, 15) is 4.79 Å². The van der Waals surface area contributed by atoms with Crippen molar-refractivity contribution < 1.29 is 14.3 Å². The molecule has 2 aromatic rings. The summed E-state index contributed by atoms with van der Waals surface area (Å²) in [5.41, 5.74) is 4.12. The van der Waals surface area contributed by atoms with E-state index in [1.807, 2.05) is 44.2 Å². The lowest BCUT2D eigenvalue weighted by atomic mass is 9.98. The second-order valence-electron chi connectivity index (χ2n) is 5.65. The first kappa shape index (κ1) is 15.4. The summed E-state index contributed by atoms with van der Waals surface area (Å²) in [6, 6.07) is 11.3. The fourth-order valence-corrected chi connectivity index (χ4v) is 3.08. The molecule has 5 heteroatoms.